The van der Waals surface area contributed by atoms with E-state index < -0.39 is 5.79 Å². The SMILES string of the molecule is C[C@H]1CC[C@@]2(OC1)O[C@H]1[C@H]3C=C[C@@H]4C[C@@H](OC(=O)c5ccc(N([O-])O)cc5)CC[C@]4(C)[C@H]3CC[C@@H]1[C@H]2C. The Morgan fingerprint density at radius 2 is 1.89 bits per heavy atom. The van der Waals surface area contributed by atoms with Crippen molar-refractivity contribution in [3.8, 4) is 0 Å². The Bertz CT molecular complexity index is 1030. The van der Waals surface area contributed by atoms with E-state index in [0.717, 1.165) is 32.3 Å². The van der Waals surface area contributed by atoms with Crippen LogP contribution < -0.4 is 5.23 Å². The number of anilines is 1. The average Bonchev–Trinajstić information content (AvgIpc) is 3.17. The summed E-state index contributed by atoms with van der Waals surface area (Å²) >= 11 is 0. The molecule has 37 heavy (non-hydrogen) atoms. The molecule has 2 aliphatic heterocycles. The van der Waals surface area contributed by atoms with Gasteiger partial charge in [0.05, 0.1) is 24.0 Å². The molecule has 2 saturated carbocycles. The molecule has 2 heterocycles. The van der Waals surface area contributed by atoms with Gasteiger partial charge in [-0.2, -0.15) is 0 Å². The summed E-state index contributed by atoms with van der Waals surface area (Å²) in [5, 5.41) is 19.8. The van der Waals surface area contributed by atoms with Crippen LogP contribution in [0.4, 0.5) is 5.69 Å². The second-order valence-corrected chi connectivity index (χ2v) is 12.7. The summed E-state index contributed by atoms with van der Waals surface area (Å²) in [6.45, 7) is 7.87. The first-order valence-electron chi connectivity index (χ1n) is 14.2. The predicted octanol–water partition coefficient (Wildman–Crippen LogP) is 6.10. The lowest BCUT2D eigenvalue weighted by Crippen LogP contribution is -2.52. The Labute approximate surface area is 219 Å². The summed E-state index contributed by atoms with van der Waals surface area (Å²) < 4.78 is 19.3. The molecule has 1 aromatic carbocycles. The lowest BCUT2D eigenvalue weighted by Gasteiger charge is -2.55. The molecule has 1 spiro atoms. The number of nitrogens with zero attached hydrogens (tertiary/aromatic N) is 1. The van der Waals surface area contributed by atoms with Gasteiger partial charge in [0, 0.05) is 18.3 Å². The quantitative estimate of drug-likeness (QED) is 0.298. The second kappa shape index (κ2) is 9.37. The van der Waals surface area contributed by atoms with Crippen LogP contribution in [0.5, 0.6) is 0 Å². The molecule has 10 atom stereocenters. The molecule has 0 radical (unpaired) electrons. The van der Waals surface area contributed by atoms with Crippen LogP contribution in [-0.4, -0.2) is 35.8 Å². The van der Waals surface area contributed by atoms with E-state index in [1.807, 2.05) is 0 Å². The van der Waals surface area contributed by atoms with Crippen molar-refractivity contribution in [1.82, 2.24) is 0 Å². The number of benzene rings is 1. The van der Waals surface area contributed by atoms with Gasteiger partial charge in [-0.25, -0.2) is 4.79 Å². The van der Waals surface area contributed by atoms with Crippen LogP contribution in [0.15, 0.2) is 36.4 Å². The molecule has 3 aliphatic carbocycles. The van der Waals surface area contributed by atoms with Gasteiger partial charge in [0.2, 0.25) is 0 Å². The van der Waals surface area contributed by atoms with E-state index in [0.29, 0.717) is 41.1 Å². The minimum absolute atomic E-state index is 0.0813. The van der Waals surface area contributed by atoms with E-state index in [-0.39, 0.29) is 34.5 Å². The Kier molecular flexibility index (Phi) is 6.42. The predicted molar refractivity (Wildman–Crippen MR) is 139 cm³/mol. The number of hydrogen-bond acceptors (Lipinski definition) is 7. The number of carbonyl (C=O) groups is 1. The summed E-state index contributed by atoms with van der Waals surface area (Å²) in [5.41, 5.74) is 0.646. The highest BCUT2D eigenvalue weighted by Crippen LogP contribution is 2.62. The Balaban J connectivity index is 1.14. The Hall–Kier alpha value is -1.93. The molecule has 0 aromatic heterocycles. The first kappa shape index (κ1) is 25.4. The van der Waals surface area contributed by atoms with E-state index in [1.54, 1.807) is 0 Å². The highest BCUT2D eigenvalue weighted by atomic mass is 16.8. The first-order valence-corrected chi connectivity index (χ1v) is 14.2. The van der Waals surface area contributed by atoms with E-state index in [9.17, 15) is 10.0 Å². The average molecular weight is 511 g/mol. The lowest BCUT2D eigenvalue weighted by atomic mass is 9.50. The van der Waals surface area contributed by atoms with Crippen molar-refractivity contribution >= 4 is 11.7 Å². The molecule has 2 saturated heterocycles. The van der Waals surface area contributed by atoms with Crippen molar-refractivity contribution in [2.24, 2.45) is 40.9 Å². The van der Waals surface area contributed by atoms with Gasteiger partial charge >= 0.3 is 5.97 Å². The van der Waals surface area contributed by atoms with Crippen LogP contribution in [0.2, 0.25) is 0 Å². The highest BCUT2D eigenvalue weighted by molar-refractivity contribution is 5.90. The highest BCUT2D eigenvalue weighted by Gasteiger charge is 2.61. The van der Waals surface area contributed by atoms with E-state index in [2.05, 4.69) is 32.9 Å². The number of ether oxygens (including phenoxy) is 3. The molecule has 5 aliphatic rings. The lowest BCUT2D eigenvalue weighted by molar-refractivity contribution is -0.275. The molecule has 1 aromatic rings. The number of rotatable bonds is 3. The smallest absolute Gasteiger partial charge is 0.338 e. The third kappa shape index (κ3) is 4.22. The summed E-state index contributed by atoms with van der Waals surface area (Å²) in [5.74, 6) is 2.21. The molecule has 7 heteroatoms. The molecular weight excluding hydrogens is 470 g/mol. The number of allylic oxidation sites excluding steroid dienone is 1. The van der Waals surface area contributed by atoms with Gasteiger partial charge in [0.15, 0.2) is 5.79 Å². The molecular formula is C30H40NO6-. The zero-order valence-corrected chi connectivity index (χ0v) is 22.2. The Morgan fingerprint density at radius 3 is 2.59 bits per heavy atom. The maximum absolute atomic E-state index is 12.8. The fraction of sp³-hybridized carbons (Fsp3) is 0.700. The second-order valence-electron chi connectivity index (χ2n) is 12.7. The van der Waals surface area contributed by atoms with Crippen LogP contribution in [0.3, 0.4) is 0 Å². The van der Waals surface area contributed by atoms with Gasteiger partial charge in [0.1, 0.15) is 6.10 Å². The van der Waals surface area contributed by atoms with Crippen molar-refractivity contribution in [3.05, 3.63) is 47.2 Å². The first-order chi connectivity index (χ1) is 17.7. The van der Waals surface area contributed by atoms with Gasteiger partial charge in [-0.15, -0.1) is 0 Å². The fourth-order valence-corrected chi connectivity index (χ4v) is 8.36. The largest absolute Gasteiger partial charge is 0.733 e. The van der Waals surface area contributed by atoms with Gasteiger partial charge in [-0.05, 0) is 91.9 Å². The van der Waals surface area contributed by atoms with Crippen molar-refractivity contribution < 1.29 is 24.2 Å². The minimum atomic E-state index is -0.393. The fourth-order valence-electron chi connectivity index (χ4n) is 8.36. The standard InChI is InChI=1S/C30H40NO6/c1-18-12-15-30(35-17-18)19(2)24-10-11-26-25(27(24)37-30)9-6-21-16-23(13-14-29(21,26)3)36-28(32)20-4-7-22(8-5-20)31(33)34/h4-9,18-19,21,23-27,33H,10-17H2,1-3H3/q-1/t18-,19+,21+,23-,24+,25-,26-,27+,29-,30+/m0/s1. The maximum atomic E-state index is 12.8. The molecule has 1 N–H and O–H groups in total. The molecule has 6 rings (SSSR count). The molecule has 202 valence electrons. The van der Waals surface area contributed by atoms with Crippen molar-refractivity contribution in [3.63, 3.8) is 0 Å². The third-order valence-electron chi connectivity index (χ3n) is 10.7. The number of esters is 1. The number of hydrogen-bond donors (Lipinski definition) is 1. The van der Waals surface area contributed by atoms with E-state index in [4.69, 9.17) is 19.4 Å². The topological polar surface area (TPSA) is 91.3 Å². The van der Waals surface area contributed by atoms with Crippen LogP contribution >= 0.6 is 0 Å². The van der Waals surface area contributed by atoms with Crippen LogP contribution in [-0.2, 0) is 14.2 Å². The number of fused-ring (bicyclic) bond motifs is 5. The Morgan fingerprint density at radius 1 is 1.11 bits per heavy atom. The van der Waals surface area contributed by atoms with Gasteiger partial charge in [-0.1, -0.05) is 32.9 Å². The molecule has 4 fully saturated rings. The zero-order valence-electron chi connectivity index (χ0n) is 22.2. The van der Waals surface area contributed by atoms with Crippen molar-refractivity contribution in [1.29, 1.82) is 0 Å². The summed E-state index contributed by atoms with van der Waals surface area (Å²) in [6, 6.07) is 5.86. The third-order valence-corrected chi connectivity index (χ3v) is 10.7. The molecule has 0 bridgehead atoms. The van der Waals surface area contributed by atoms with Crippen molar-refractivity contribution in [2.75, 3.05) is 11.8 Å². The van der Waals surface area contributed by atoms with Gasteiger partial charge in [-0.3, -0.25) is 5.21 Å². The minimum Gasteiger partial charge on any atom is -0.733 e. The normalized spacial score (nSPS) is 44.6. The summed E-state index contributed by atoms with van der Waals surface area (Å²) in [4.78, 5) is 12.8. The molecule has 0 unspecified atom stereocenters. The zero-order chi connectivity index (χ0) is 25.9. The number of carbonyl (C=O) groups excluding carboxylic acids is 1. The molecule has 7 nitrogen and oxygen atoms in total. The van der Waals surface area contributed by atoms with E-state index in [1.165, 1.54) is 43.5 Å². The monoisotopic (exact) mass is 510 g/mol. The van der Waals surface area contributed by atoms with Crippen LogP contribution in [0.25, 0.3) is 0 Å². The molecule has 0 amide bonds. The van der Waals surface area contributed by atoms with E-state index >= 15 is 0 Å². The van der Waals surface area contributed by atoms with Gasteiger partial charge in [0.25, 0.3) is 0 Å². The van der Waals surface area contributed by atoms with Crippen molar-refractivity contribution in [2.45, 2.75) is 83.7 Å². The maximum Gasteiger partial charge on any atom is 0.338 e. The van der Waals surface area contributed by atoms with Crippen LogP contribution in [0.1, 0.15) is 76.1 Å². The summed E-state index contributed by atoms with van der Waals surface area (Å²) in [7, 11) is 0. The summed E-state index contributed by atoms with van der Waals surface area (Å²) in [6.07, 6.45) is 12.3. The van der Waals surface area contributed by atoms with Gasteiger partial charge < -0.3 is 24.6 Å². The van der Waals surface area contributed by atoms with Crippen LogP contribution in [0, 0.1) is 46.1 Å².